The number of allylic oxidation sites excluding steroid dienone is 1. The van der Waals surface area contributed by atoms with Gasteiger partial charge in [0.25, 0.3) is 0 Å². The fourth-order valence-electron chi connectivity index (χ4n) is 1.73. The molecule has 0 aliphatic carbocycles. The van der Waals surface area contributed by atoms with Gasteiger partial charge in [0, 0.05) is 22.9 Å². The third kappa shape index (κ3) is 4.07. The van der Waals surface area contributed by atoms with Crippen LogP contribution < -0.4 is 0 Å². The van der Waals surface area contributed by atoms with Crippen molar-refractivity contribution >= 4 is 23.4 Å². The molecule has 0 aliphatic heterocycles. The van der Waals surface area contributed by atoms with Crippen molar-refractivity contribution in [2.75, 3.05) is 12.4 Å². The lowest BCUT2D eigenvalue weighted by molar-refractivity contribution is 0.113. The highest BCUT2D eigenvalue weighted by Crippen LogP contribution is 2.25. The second kappa shape index (κ2) is 7.61. The van der Waals surface area contributed by atoms with E-state index in [-0.39, 0.29) is 6.61 Å². The third-order valence-electron chi connectivity index (χ3n) is 2.75. The average Bonchev–Trinajstić information content (AvgIpc) is 2.89. The van der Waals surface area contributed by atoms with Crippen LogP contribution in [0, 0.1) is 0 Å². The molecule has 0 amide bonds. The van der Waals surface area contributed by atoms with Gasteiger partial charge in [-0.05, 0) is 24.3 Å². The highest BCUT2D eigenvalue weighted by Gasteiger charge is 2.14. The number of aromatic nitrogens is 3. The highest BCUT2D eigenvalue weighted by atomic mass is 35.5. The van der Waals surface area contributed by atoms with Gasteiger partial charge in [0.15, 0.2) is 11.0 Å². The predicted octanol–water partition coefficient (Wildman–Crippen LogP) is 2.23. The Hall–Kier alpha value is -1.34. The van der Waals surface area contributed by atoms with Crippen LogP contribution >= 0.6 is 23.4 Å². The Bertz CT molecular complexity index is 601. The molecule has 0 aliphatic rings. The average molecular weight is 326 g/mol. The van der Waals surface area contributed by atoms with Crippen molar-refractivity contribution in [3.8, 4) is 11.4 Å². The minimum atomic E-state index is -0.775. The Kier molecular flexibility index (Phi) is 5.81. The molecule has 0 saturated heterocycles. The minimum Gasteiger partial charge on any atom is -0.394 e. The molecule has 1 aromatic heterocycles. The van der Waals surface area contributed by atoms with Crippen LogP contribution in [0.25, 0.3) is 11.4 Å². The third-order valence-corrected chi connectivity index (χ3v) is 4.11. The van der Waals surface area contributed by atoms with Gasteiger partial charge in [-0.15, -0.1) is 16.8 Å². The van der Waals surface area contributed by atoms with E-state index >= 15 is 0 Å². The first kappa shape index (κ1) is 16.0. The van der Waals surface area contributed by atoms with Crippen molar-refractivity contribution in [3.05, 3.63) is 41.9 Å². The number of nitrogens with zero attached hydrogens (tertiary/aromatic N) is 3. The number of thioether (sulfide) groups is 1. The van der Waals surface area contributed by atoms with Crippen LogP contribution in [-0.2, 0) is 6.54 Å². The second-order valence-corrected chi connectivity index (χ2v) is 5.78. The molecular weight excluding hydrogens is 310 g/mol. The van der Waals surface area contributed by atoms with E-state index in [9.17, 15) is 5.11 Å². The molecule has 2 N–H and O–H groups in total. The first-order valence-corrected chi connectivity index (χ1v) is 7.73. The van der Waals surface area contributed by atoms with Gasteiger partial charge in [-0.25, -0.2) is 0 Å². The summed E-state index contributed by atoms with van der Waals surface area (Å²) in [5.74, 6) is 1.07. The second-order valence-electron chi connectivity index (χ2n) is 4.36. The van der Waals surface area contributed by atoms with Crippen LogP contribution in [0.15, 0.2) is 42.1 Å². The first-order valence-electron chi connectivity index (χ1n) is 6.37. The van der Waals surface area contributed by atoms with E-state index in [1.54, 1.807) is 18.2 Å². The molecule has 1 unspecified atom stereocenters. The zero-order valence-corrected chi connectivity index (χ0v) is 12.9. The number of aliphatic hydroxyl groups excluding tert-OH is 2. The van der Waals surface area contributed by atoms with Crippen LogP contribution in [-0.4, -0.2) is 43.4 Å². The summed E-state index contributed by atoms with van der Waals surface area (Å²) in [4.78, 5) is 0. The van der Waals surface area contributed by atoms with E-state index in [1.807, 2.05) is 16.7 Å². The molecule has 2 rings (SSSR count). The maximum Gasteiger partial charge on any atom is 0.191 e. The topological polar surface area (TPSA) is 71.2 Å². The predicted molar refractivity (Wildman–Crippen MR) is 84.5 cm³/mol. The van der Waals surface area contributed by atoms with Gasteiger partial charge in [0.2, 0.25) is 0 Å². The smallest absolute Gasteiger partial charge is 0.191 e. The molecule has 0 saturated carbocycles. The number of hydrogen-bond donors (Lipinski definition) is 2. The molecule has 0 spiro atoms. The number of hydrogen-bond acceptors (Lipinski definition) is 5. The van der Waals surface area contributed by atoms with Crippen molar-refractivity contribution < 1.29 is 10.2 Å². The van der Waals surface area contributed by atoms with Crippen molar-refractivity contribution in [1.82, 2.24) is 14.8 Å². The maximum atomic E-state index is 9.43. The molecule has 2 aromatic rings. The Morgan fingerprint density at radius 1 is 1.33 bits per heavy atom. The lowest BCUT2D eigenvalue weighted by Gasteiger charge is -2.09. The van der Waals surface area contributed by atoms with Gasteiger partial charge >= 0.3 is 0 Å². The maximum absolute atomic E-state index is 9.43. The molecule has 0 fully saturated rings. The fourth-order valence-corrected chi connectivity index (χ4v) is 2.71. The molecule has 112 valence electrons. The van der Waals surface area contributed by atoms with Crippen LogP contribution in [0.2, 0.25) is 5.02 Å². The number of aliphatic hydroxyl groups is 2. The van der Waals surface area contributed by atoms with E-state index in [1.165, 1.54) is 11.8 Å². The van der Waals surface area contributed by atoms with Gasteiger partial charge in [0.05, 0.1) is 12.7 Å². The molecule has 0 radical (unpaired) electrons. The summed E-state index contributed by atoms with van der Waals surface area (Å²) >= 11 is 7.24. The Labute approximate surface area is 132 Å². The summed E-state index contributed by atoms with van der Waals surface area (Å²) in [6.07, 6.45) is 0.984. The molecule has 1 atom stereocenters. The lowest BCUT2D eigenvalue weighted by atomic mass is 10.2. The summed E-state index contributed by atoms with van der Waals surface area (Å²) in [5, 5.41) is 28.0. The highest BCUT2D eigenvalue weighted by molar-refractivity contribution is 7.99. The van der Waals surface area contributed by atoms with Crippen molar-refractivity contribution in [2.45, 2.75) is 17.8 Å². The van der Waals surface area contributed by atoms with Gasteiger partial charge < -0.3 is 10.2 Å². The van der Waals surface area contributed by atoms with E-state index in [0.717, 1.165) is 5.56 Å². The van der Waals surface area contributed by atoms with Crippen molar-refractivity contribution in [2.24, 2.45) is 0 Å². The van der Waals surface area contributed by atoms with Gasteiger partial charge in [-0.3, -0.25) is 4.57 Å². The van der Waals surface area contributed by atoms with Gasteiger partial charge in [-0.2, -0.15) is 0 Å². The Balaban J connectivity index is 2.27. The van der Waals surface area contributed by atoms with E-state index in [2.05, 4.69) is 16.8 Å². The molecule has 5 nitrogen and oxygen atoms in total. The molecule has 21 heavy (non-hydrogen) atoms. The summed E-state index contributed by atoms with van der Waals surface area (Å²) < 4.78 is 1.91. The number of rotatable bonds is 7. The van der Waals surface area contributed by atoms with Gasteiger partial charge in [-0.1, -0.05) is 29.4 Å². The zero-order valence-electron chi connectivity index (χ0n) is 11.3. The molecule has 1 heterocycles. The van der Waals surface area contributed by atoms with Crippen LogP contribution in [0.1, 0.15) is 0 Å². The van der Waals surface area contributed by atoms with E-state index < -0.39 is 6.10 Å². The lowest BCUT2D eigenvalue weighted by Crippen LogP contribution is -2.15. The SMILES string of the molecule is C=CCn1c(SCC(O)CO)nnc1-c1ccc(Cl)cc1. The summed E-state index contributed by atoms with van der Waals surface area (Å²) in [6, 6.07) is 7.35. The Morgan fingerprint density at radius 3 is 2.67 bits per heavy atom. The summed E-state index contributed by atoms with van der Waals surface area (Å²) in [6.45, 7) is 4.03. The monoisotopic (exact) mass is 325 g/mol. The van der Waals surface area contributed by atoms with Crippen molar-refractivity contribution in [3.63, 3.8) is 0 Å². The molecular formula is C14H16ClN3O2S. The van der Waals surface area contributed by atoms with Crippen LogP contribution in [0.3, 0.4) is 0 Å². The van der Waals surface area contributed by atoms with E-state index in [4.69, 9.17) is 16.7 Å². The van der Waals surface area contributed by atoms with Crippen LogP contribution in [0.4, 0.5) is 0 Å². The molecule has 7 heteroatoms. The first-order chi connectivity index (χ1) is 10.2. The fraction of sp³-hybridized carbons (Fsp3) is 0.286. The number of halogens is 1. The standard InChI is InChI=1S/C14H16ClN3O2S/c1-2-7-18-13(10-3-5-11(15)6-4-10)16-17-14(18)21-9-12(20)8-19/h2-6,12,19-20H,1,7-9H2. The quantitative estimate of drug-likeness (QED) is 0.603. The van der Waals surface area contributed by atoms with Crippen molar-refractivity contribution in [1.29, 1.82) is 0 Å². The van der Waals surface area contributed by atoms with Gasteiger partial charge in [0.1, 0.15) is 0 Å². The summed E-state index contributed by atoms with van der Waals surface area (Å²) in [5.41, 5.74) is 0.906. The minimum absolute atomic E-state index is 0.271. The van der Waals surface area contributed by atoms with E-state index in [0.29, 0.717) is 28.3 Å². The molecule has 0 bridgehead atoms. The number of benzene rings is 1. The zero-order chi connectivity index (χ0) is 15.2. The summed E-state index contributed by atoms with van der Waals surface area (Å²) in [7, 11) is 0. The van der Waals surface area contributed by atoms with Crippen LogP contribution in [0.5, 0.6) is 0 Å². The largest absolute Gasteiger partial charge is 0.394 e. The Morgan fingerprint density at radius 2 is 2.05 bits per heavy atom. The normalized spacial score (nSPS) is 12.3. The molecule has 1 aromatic carbocycles.